The molecule has 5 nitrogen and oxygen atoms in total. The number of aromatic nitrogens is 3. The second-order valence-electron chi connectivity index (χ2n) is 6.71. The van der Waals surface area contributed by atoms with Crippen LogP contribution in [0, 0.1) is 5.92 Å². The molecule has 3 aromatic rings. The third kappa shape index (κ3) is 5.20. The fourth-order valence-corrected chi connectivity index (χ4v) is 3.99. The van der Waals surface area contributed by atoms with Gasteiger partial charge in [0.05, 0.1) is 5.75 Å². The number of rotatable bonds is 8. The average Bonchev–Trinajstić information content (AvgIpc) is 3.31. The molecule has 1 N–H and O–H groups in total. The second-order valence-corrected chi connectivity index (χ2v) is 8.69. The summed E-state index contributed by atoms with van der Waals surface area (Å²) in [6.07, 6.45) is 0.719. The van der Waals surface area contributed by atoms with Crippen molar-refractivity contribution in [3.8, 4) is 5.69 Å². The van der Waals surface area contributed by atoms with Crippen molar-refractivity contribution in [3.05, 3.63) is 58.5 Å². The van der Waals surface area contributed by atoms with Crippen molar-refractivity contribution in [3.63, 3.8) is 0 Å². The third-order valence-corrected chi connectivity index (χ3v) is 6.15. The monoisotopic (exact) mass is 400 g/mol. The third-order valence-electron chi connectivity index (χ3n) is 4.35. The van der Waals surface area contributed by atoms with E-state index in [9.17, 15) is 4.79 Å². The second kappa shape index (κ2) is 9.19. The Morgan fingerprint density at radius 2 is 1.93 bits per heavy atom. The molecule has 0 spiro atoms. The Morgan fingerprint density at radius 3 is 2.59 bits per heavy atom. The molecule has 0 saturated carbocycles. The highest BCUT2D eigenvalue weighted by atomic mass is 32.2. The van der Waals surface area contributed by atoms with Crippen LogP contribution in [-0.4, -0.2) is 32.5 Å². The van der Waals surface area contributed by atoms with Gasteiger partial charge in [0, 0.05) is 23.0 Å². The number of nitrogens with one attached hydrogen (secondary N) is 1. The van der Waals surface area contributed by atoms with Crippen LogP contribution in [0.1, 0.15) is 31.5 Å². The Morgan fingerprint density at radius 1 is 1.15 bits per heavy atom. The van der Waals surface area contributed by atoms with E-state index in [2.05, 4.69) is 40.8 Å². The molecule has 27 heavy (non-hydrogen) atoms. The SMILES string of the molecule is CC(C)C(C)NC(=O)CSc1nnc(Cc2cccs2)n1-c1ccccc1. The van der Waals surface area contributed by atoms with Crippen LogP contribution in [0.3, 0.4) is 0 Å². The van der Waals surface area contributed by atoms with Gasteiger partial charge in [-0.1, -0.05) is 49.9 Å². The molecule has 1 aromatic carbocycles. The van der Waals surface area contributed by atoms with Gasteiger partial charge in [0.1, 0.15) is 5.82 Å². The lowest BCUT2D eigenvalue weighted by Crippen LogP contribution is -2.37. The van der Waals surface area contributed by atoms with Gasteiger partial charge in [-0.25, -0.2) is 0 Å². The Bertz CT molecular complexity index is 860. The van der Waals surface area contributed by atoms with Crippen LogP contribution in [0.5, 0.6) is 0 Å². The van der Waals surface area contributed by atoms with Gasteiger partial charge in [0.25, 0.3) is 0 Å². The zero-order chi connectivity index (χ0) is 19.2. The molecule has 0 aliphatic carbocycles. The first-order valence-corrected chi connectivity index (χ1v) is 10.9. The molecule has 0 fully saturated rings. The lowest BCUT2D eigenvalue weighted by Gasteiger charge is -2.17. The minimum atomic E-state index is 0.0172. The van der Waals surface area contributed by atoms with E-state index in [1.165, 1.54) is 16.6 Å². The summed E-state index contributed by atoms with van der Waals surface area (Å²) in [5, 5.41) is 14.6. The zero-order valence-corrected chi connectivity index (χ0v) is 17.4. The van der Waals surface area contributed by atoms with Crippen LogP contribution in [0.2, 0.25) is 0 Å². The van der Waals surface area contributed by atoms with Crippen LogP contribution in [0.15, 0.2) is 53.0 Å². The van der Waals surface area contributed by atoms with E-state index in [1.807, 2.05) is 47.9 Å². The van der Waals surface area contributed by atoms with E-state index in [0.717, 1.165) is 23.1 Å². The summed E-state index contributed by atoms with van der Waals surface area (Å²) in [5.74, 6) is 1.62. The number of thiophene rings is 1. The maximum atomic E-state index is 12.3. The maximum absolute atomic E-state index is 12.3. The van der Waals surface area contributed by atoms with Crippen molar-refractivity contribution >= 4 is 29.0 Å². The lowest BCUT2D eigenvalue weighted by atomic mass is 10.1. The van der Waals surface area contributed by atoms with Gasteiger partial charge in [0.2, 0.25) is 5.91 Å². The highest BCUT2D eigenvalue weighted by molar-refractivity contribution is 7.99. The van der Waals surface area contributed by atoms with Gasteiger partial charge in [-0.15, -0.1) is 21.5 Å². The van der Waals surface area contributed by atoms with Crippen LogP contribution in [0.4, 0.5) is 0 Å². The van der Waals surface area contributed by atoms with Crippen LogP contribution < -0.4 is 5.32 Å². The van der Waals surface area contributed by atoms with Crippen LogP contribution in [0.25, 0.3) is 5.69 Å². The first-order chi connectivity index (χ1) is 13.0. The quantitative estimate of drug-likeness (QED) is 0.577. The van der Waals surface area contributed by atoms with Gasteiger partial charge in [-0.3, -0.25) is 9.36 Å². The Balaban J connectivity index is 1.78. The molecule has 1 unspecified atom stereocenters. The fourth-order valence-electron chi connectivity index (χ4n) is 2.51. The summed E-state index contributed by atoms with van der Waals surface area (Å²) in [6.45, 7) is 6.22. The van der Waals surface area contributed by atoms with E-state index in [-0.39, 0.29) is 11.9 Å². The topological polar surface area (TPSA) is 59.8 Å². The van der Waals surface area contributed by atoms with Crippen LogP contribution >= 0.6 is 23.1 Å². The number of thioether (sulfide) groups is 1. The van der Waals surface area contributed by atoms with Gasteiger partial charge < -0.3 is 5.32 Å². The number of nitrogens with zero attached hydrogens (tertiary/aromatic N) is 3. The number of hydrogen-bond acceptors (Lipinski definition) is 5. The number of carbonyl (C=O) groups is 1. The van der Waals surface area contributed by atoms with Crippen molar-refractivity contribution in [1.82, 2.24) is 20.1 Å². The van der Waals surface area contributed by atoms with Gasteiger partial charge in [-0.05, 0) is 36.4 Å². The standard InChI is InChI=1S/C20H24N4OS2/c1-14(2)15(3)21-19(25)13-27-20-23-22-18(12-17-10-7-11-26-17)24(20)16-8-5-4-6-9-16/h4-11,14-15H,12-13H2,1-3H3,(H,21,25). The predicted octanol–water partition coefficient (Wildman–Crippen LogP) is 4.17. The molecule has 0 aliphatic rings. The van der Waals surface area contributed by atoms with E-state index < -0.39 is 0 Å². The summed E-state index contributed by atoms with van der Waals surface area (Å²) in [7, 11) is 0. The molecule has 0 saturated heterocycles. The molecule has 3 rings (SSSR count). The Kier molecular flexibility index (Phi) is 6.68. The number of hydrogen-bond donors (Lipinski definition) is 1. The van der Waals surface area contributed by atoms with E-state index in [1.54, 1.807) is 11.3 Å². The molecular formula is C20H24N4OS2. The minimum absolute atomic E-state index is 0.0172. The van der Waals surface area contributed by atoms with E-state index in [4.69, 9.17) is 0 Å². The van der Waals surface area contributed by atoms with E-state index in [0.29, 0.717) is 11.7 Å². The van der Waals surface area contributed by atoms with Crippen molar-refractivity contribution in [2.24, 2.45) is 5.92 Å². The molecule has 1 amide bonds. The molecule has 0 radical (unpaired) electrons. The molecule has 2 aromatic heterocycles. The molecule has 1 atom stereocenters. The predicted molar refractivity (Wildman–Crippen MR) is 112 cm³/mol. The first kappa shape index (κ1) is 19.6. The number of benzene rings is 1. The fraction of sp³-hybridized carbons (Fsp3) is 0.350. The summed E-state index contributed by atoms with van der Waals surface area (Å²) in [4.78, 5) is 13.5. The normalized spacial score (nSPS) is 12.3. The number of carbonyl (C=O) groups excluding carboxylic acids is 1. The van der Waals surface area contributed by atoms with E-state index >= 15 is 0 Å². The smallest absolute Gasteiger partial charge is 0.230 e. The molecule has 2 heterocycles. The van der Waals surface area contributed by atoms with Gasteiger partial charge >= 0.3 is 0 Å². The Labute approximate surface area is 168 Å². The highest BCUT2D eigenvalue weighted by Crippen LogP contribution is 2.24. The molecular weight excluding hydrogens is 376 g/mol. The first-order valence-electron chi connectivity index (χ1n) is 8.99. The van der Waals surface area contributed by atoms with Crippen molar-refractivity contribution in [2.75, 3.05) is 5.75 Å². The summed E-state index contributed by atoms with van der Waals surface area (Å²) >= 11 is 3.12. The summed E-state index contributed by atoms with van der Waals surface area (Å²) in [6, 6.07) is 14.3. The molecule has 142 valence electrons. The highest BCUT2D eigenvalue weighted by Gasteiger charge is 2.17. The lowest BCUT2D eigenvalue weighted by molar-refractivity contribution is -0.119. The average molecular weight is 401 g/mol. The van der Waals surface area contributed by atoms with Crippen molar-refractivity contribution in [2.45, 2.75) is 38.4 Å². The van der Waals surface area contributed by atoms with Crippen molar-refractivity contribution in [1.29, 1.82) is 0 Å². The maximum Gasteiger partial charge on any atom is 0.230 e. The Hall–Kier alpha value is -2.12. The number of amides is 1. The largest absolute Gasteiger partial charge is 0.353 e. The molecule has 0 aliphatic heterocycles. The molecule has 7 heteroatoms. The minimum Gasteiger partial charge on any atom is -0.353 e. The van der Waals surface area contributed by atoms with Gasteiger partial charge in [0.15, 0.2) is 5.16 Å². The summed E-state index contributed by atoms with van der Waals surface area (Å²) < 4.78 is 2.05. The zero-order valence-electron chi connectivity index (χ0n) is 15.8. The summed E-state index contributed by atoms with van der Waals surface area (Å²) in [5.41, 5.74) is 1.01. The number of para-hydroxylation sites is 1. The van der Waals surface area contributed by atoms with Gasteiger partial charge in [-0.2, -0.15) is 0 Å². The van der Waals surface area contributed by atoms with Crippen molar-refractivity contribution < 1.29 is 4.79 Å². The van der Waals surface area contributed by atoms with Crippen LogP contribution in [-0.2, 0) is 11.2 Å². The molecule has 0 bridgehead atoms.